The fourth-order valence-electron chi connectivity index (χ4n) is 3.24. The Balaban J connectivity index is 2.13. The SMILES string of the molecule is [2H]n1c(N)nc(=O)c2ncn([C@]3(c4c(Cl)csc4Cl)O[C@H](CO)[C@@H](O)[C@H]3O)c21. The highest BCUT2D eigenvalue weighted by atomic mass is 35.5. The number of aromatic nitrogens is 4. The number of aromatic amines is 1. The molecule has 0 amide bonds. The van der Waals surface area contributed by atoms with Crippen LogP contribution in [0.15, 0.2) is 16.5 Å². The average molecular weight is 435 g/mol. The van der Waals surface area contributed by atoms with Crippen molar-refractivity contribution in [1.29, 1.82) is 0 Å². The predicted octanol–water partition coefficient (Wildman–Crippen LogP) is -0.116. The zero-order valence-electron chi connectivity index (χ0n) is 14.3. The Labute approximate surface area is 166 Å². The molecule has 0 aromatic carbocycles. The third-order valence-corrected chi connectivity index (χ3v) is 6.06. The van der Waals surface area contributed by atoms with Crippen LogP contribution in [0.25, 0.3) is 11.2 Å². The smallest absolute Gasteiger partial charge is 0.302 e. The van der Waals surface area contributed by atoms with Gasteiger partial charge < -0.3 is 30.8 Å². The number of ether oxygens (including phenoxy) is 1. The number of halogens is 2. The molecule has 1 aliphatic heterocycles. The van der Waals surface area contributed by atoms with Gasteiger partial charge >= 0.3 is 5.56 Å². The number of nitrogens with zero attached hydrogens (tertiary/aromatic N) is 3. The lowest BCUT2D eigenvalue weighted by Crippen LogP contribution is -2.46. The Morgan fingerprint density at radius 3 is 2.85 bits per heavy atom. The Bertz CT molecular complexity index is 1120. The lowest BCUT2D eigenvalue weighted by molar-refractivity contribution is -0.115. The summed E-state index contributed by atoms with van der Waals surface area (Å²) in [5.74, 6) is -0.427. The highest BCUT2D eigenvalue weighted by molar-refractivity contribution is 7.15. The molecular formula is C14H13Cl2N5O5S. The van der Waals surface area contributed by atoms with Crippen LogP contribution in [0.3, 0.4) is 0 Å². The monoisotopic (exact) mass is 434 g/mol. The number of anilines is 1. The van der Waals surface area contributed by atoms with Gasteiger partial charge in [0.15, 0.2) is 6.93 Å². The minimum absolute atomic E-state index is 0.0884. The predicted molar refractivity (Wildman–Crippen MR) is 97.9 cm³/mol. The van der Waals surface area contributed by atoms with Gasteiger partial charge in [-0.3, -0.25) is 9.36 Å². The van der Waals surface area contributed by atoms with Crippen molar-refractivity contribution in [2.75, 3.05) is 12.3 Å². The molecule has 10 nitrogen and oxygen atoms in total. The quantitative estimate of drug-likeness (QED) is 0.381. The minimum Gasteiger partial charge on any atom is -0.394 e. The Hall–Kier alpha value is -1.73. The Morgan fingerprint density at radius 2 is 2.26 bits per heavy atom. The molecule has 1 aliphatic rings. The third-order valence-electron chi connectivity index (χ3n) is 4.42. The van der Waals surface area contributed by atoms with Crippen molar-refractivity contribution < 1.29 is 21.5 Å². The minimum atomic E-state index is -1.99. The molecule has 6 N–H and O–H groups in total. The summed E-state index contributed by atoms with van der Waals surface area (Å²) in [6, 6.07) is 0. The number of aliphatic hydroxyl groups excluding tert-OH is 3. The Morgan fingerprint density at radius 1 is 1.52 bits per heavy atom. The molecule has 4 rings (SSSR count). The molecule has 3 aromatic rings. The van der Waals surface area contributed by atoms with Crippen LogP contribution in [0.4, 0.5) is 5.95 Å². The summed E-state index contributed by atoms with van der Waals surface area (Å²) in [6.07, 6.45) is -3.29. The van der Waals surface area contributed by atoms with Gasteiger partial charge in [-0.05, 0) is 0 Å². The first-order valence-corrected chi connectivity index (χ1v) is 9.20. The number of nitrogen functional groups attached to an aromatic ring is 1. The average Bonchev–Trinajstić information content (AvgIpc) is 3.31. The van der Waals surface area contributed by atoms with E-state index in [4.69, 9.17) is 35.1 Å². The molecule has 3 aromatic heterocycles. The second-order valence-electron chi connectivity index (χ2n) is 5.88. The molecule has 144 valence electrons. The molecule has 13 heteroatoms. The molecular weight excluding hydrogens is 421 g/mol. The van der Waals surface area contributed by atoms with Crippen LogP contribution in [-0.4, -0.2) is 59.8 Å². The summed E-state index contributed by atoms with van der Waals surface area (Å²) in [5, 5.41) is 32.5. The van der Waals surface area contributed by atoms with Gasteiger partial charge in [-0.15, -0.1) is 11.3 Å². The van der Waals surface area contributed by atoms with Crippen molar-refractivity contribution in [1.82, 2.24) is 19.5 Å². The normalized spacial score (nSPS) is 28.8. The summed E-state index contributed by atoms with van der Waals surface area (Å²) >= 11 is 13.6. The number of thiophene rings is 1. The number of H-pyrrole nitrogens is 1. The number of hydrogen-bond acceptors (Lipinski definition) is 9. The standard InChI is InChI=1S/C14H13Cl2N5O5S/c15-4-2-27-10(16)6(4)14(9(24)8(23)5(1-22)26-14)21-3-18-7-11(21)19-13(17)20-12(7)25/h2-3,5,8-9,22-24H,1H2,(H3,17,19,20,25)/t5-,8-,9-,14-/m1/s1/i/hD. The van der Waals surface area contributed by atoms with E-state index in [0.29, 0.717) is 4.98 Å². The molecule has 0 spiro atoms. The van der Waals surface area contributed by atoms with Crippen LogP contribution >= 0.6 is 34.5 Å². The first-order chi connectivity index (χ1) is 13.2. The molecule has 27 heavy (non-hydrogen) atoms. The maximum Gasteiger partial charge on any atom is 0.302 e. The van der Waals surface area contributed by atoms with Crippen molar-refractivity contribution in [3.05, 3.63) is 37.0 Å². The number of aliphatic hydroxyl groups is 3. The highest BCUT2D eigenvalue weighted by Crippen LogP contribution is 2.49. The van der Waals surface area contributed by atoms with Gasteiger partial charge in [0.05, 0.1) is 23.5 Å². The van der Waals surface area contributed by atoms with E-state index in [1.54, 1.807) is 0 Å². The molecule has 0 aliphatic carbocycles. The summed E-state index contributed by atoms with van der Waals surface area (Å²) < 4.78 is 15.3. The largest absolute Gasteiger partial charge is 0.394 e. The van der Waals surface area contributed by atoms with Gasteiger partial charge in [0.2, 0.25) is 11.7 Å². The number of nitrogens with two attached hydrogens (primary N) is 1. The van der Waals surface area contributed by atoms with E-state index >= 15 is 0 Å². The lowest BCUT2D eigenvalue weighted by Gasteiger charge is -2.34. The number of rotatable bonds is 3. The highest BCUT2D eigenvalue weighted by Gasteiger charge is 2.59. The second kappa shape index (κ2) is 6.41. The number of hydrogen-bond donors (Lipinski definition) is 5. The first-order valence-electron chi connectivity index (χ1n) is 8.01. The molecule has 0 unspecified atom stereocenters. The van der Waals surface area contributed by atoms with Gasteiger partial charge in [0.1, 0.15) is 28.3 Å². The Kier molecular flexibility index (Phi) is 4.13. The van der Waals surface area contributed by atoms with Crippen molar-refractivity contribution in [2.24, 2.45) is 0 Å². The van der Waals surface area contributed by atoms with Gasteiger partial charge in [0.25, 0.3) is 0 Å². The summed E-state index contributed by atoms with van der Waals surface area (Å²) in [5.41, 5.74) is 2.55. The fraction of sp³-hybridized carbons (Fsp3) is 0.357. The van der Waals surface area contributed by atoms with Crippen molar-refractivity contribution in [3.63, 3.8) is 0 Å². The molecule has 1 saturated heterocycles. The van der Waals surface area contributed by atoms with E-state index in [9.17, 15) is 20.1 Å². The van der Waals surface area contributed by atoms with Crippen LogP contribution in [0.1, 0.15) is 5.56 Å². The van der Waals surface area contributed by atoms with E-state index in [2.05, 4.69) is 9.97 Å². The van der Waals surface area contributed by atoms with Crippen LogP contribution in [-0.2, 0) is 10.5 Å². The topological polar surface area (TPSA) is 160 Å². The molecule has 4 heterocycles. The fourth-order valence-corrected chi connectivity index (χ4v) is 4.77. The number of nitrogens with one attached hydrogen (secondary N) is 1. The zero-order chi connectivity index (χ0) is 20.4. The molecule has 0 bridgehead atoms. The number of imidazole rings is 1. The number of fused-ring (bicyclic) bond motifs is 1. The van der Waals surface area contributed by atoms with Gasteiger partial charge in [-0.1, -0.05) is 23.2 Å². The zero-order valence-corrected chi connectivity index (χ0v) is 15.6. The third kappa shape index (κ3) is 2.51. The summed E-state index contributed by atoms with van der Waals surface area (Å²) in [6.45, 7) is -0.622. The van der Waals surface area contributed by atoms with E-state index in [-0.39, 0.29) is 26.1 Å². The van der Waals surface area contributed by atoms with Crippen LogP contribution in [0, 0.1) is 0 Å². The van der Waals surface area contributed by atoms with Crippen LogP contribution < -0.4 is 11.3 Å². The molecule has 1 fully saturated rings. The maximum atomic E-state index is 12.2. The van der Waals surface area contributed by atoms with Crippen molar-refractivity contribution in [3.8, 4) is 0 Å². The lowest BCUT2D eigenvalue weighted by atomic mass is 9.96. The van der Waals surface area contributed by atoms with Crippen LogP contribution in [0.5, 0.6) is 0 Å². The molecule has 0 saturated carbocycles. The first kappa shape index (κ1) is 17.4. The van der Waals surface area contributed by atoms with E-state index < -0.39 is 42.2 Å². The van der Waals surface area contributed by atoms with Crippen molar-refractivity contribution in [2.45, 2.75) is 24.0 Å². The van der Waals surface area contributed by atoms with E-state index in [0.717, 1.165) is 22.2 Å². The van der Waals surface area contributed by atoms with Crippen molar-refractivity contribution >= 4 is 51.7 Å². The van der Waals surface area contributed by atoms with E-state index in [1.807, 2.05) is 0 Å². The molecule has 0 radical (unpaired) electrons. The van der Waals surface area contributed by atoms with Gasteiger partial charge in [-0.2, -0.15) is 4.98 Å². The van der Waals surface area contributed by atoms with Gasteiger partial charge in [0, 0.05) is 5.38 Å². The van der Waals surface area contributed by atoms with Gasteiger partial charge in [-0.25, -0.2) is 4.98 Å². The van der Waals surface area contributed by atoms with Crippen LogP contribution in [0.2, 0.25) is 10.8 Å². The van der Waals surface area contributed by atoms with E-state index in [1.165, 1.54) is 5.38 Å². The summed E-state index contributed by atoms with van der Waals surface area (Å²) in [4.78, 5) is 20.3. The molecule has 4 atom stereocenters. The maximum absolute atomic E-state index is 12.2. The summed E-state index contributed by atoms with van der Waals surface area (Å²) in [7, 11) is 0. The second-order valence-corrected chi connectivity index (χ2v) is 7.77.